The summed E-state index contributed by atoms with van der Waals surface area (Å²) in [7, 11) is 0. The topological polar surface area (TPSA) is 76.1 Å². The highest BCUT2D eigenvalue weighted by Gasteiger charge is 2.39. The summed E-state index contributed by atoms with van der Waals surface area (Å²) in [5.74, 6) is 0.214. The second-order valence-corrected chi connectivity index (χ2v) is 6.69. The van der Waals surface area contributed by atoms with Crippen molar-refractivity contribution in [2.24, 2.45) is 11.7 Å². The van der Waals surface area contributed by atoms with Gasteiger partial charge in [0.25, 0.3) is 0 Å². The van der Waals surface area contributed by atoms with Gasteiger partial charge in [0.05, 0.1) is 16.0 Å². The number of hydrogen-bond acceptors (Lipinski definition) is 4. The largest absolute Gasteiger partial charge is 0.444 e. The van der Waals surface area contributed by atoms with Crippen LogP contribution in [0, 0.1) is 17.2 Å². The Bertz CT molecular complexity index is 805. The first kappa shape index (κ1) is 15.9. The van der Waals surface area contributed by atoms with Gasteiger partial charge in [-0.3, -0.25) is 4.79 Å². The van der Waals surface area contributed by atoms with Gasteiger partial charge in [0.2, 0.25) is 5.88 Å². The Labute approximate surface area is 144 Å². The molecule has 4 nitrogen and oxygen atoms in total. The molecule has 1 aliphatic carbocycles. The Morgan fingerprint density at radius 1 is 1.30 bits per heavy atom. The molecular formula is C17H14Cl2N2O2. The summed E-state index contributed by atoms with van der Waals surface area (Å²) in [6, 6.07) is 7.14. The van der Waals surface area contributed by atoms with E-state index in [1.807, 2.05) is 6.92 Å². The second-order valence-electron chi connectivity index (χ2n) is 5.87. The molecule has 1 aromatic rings. The number of allylic oxidation sites excluding steroid dienone is 3. The number of nitrogens with zero attached hydrogens (tertiary/aromatic N) is 1. The molecule has 0 bridgehead atoms. The van der Waals surface area contributed by atoms with E-state index in [-0.39, 0.29) is 23.2 Å². The first-order valence-corrected chi connectivity index (χ1v) is 7.96. The third-order valence-corrected chi connectivity index (χ3v) is 4.88. The quantitative estimate of drug-likeness (QED) is 0.830. The van der Waals surface area contributed by atoms with Gasteiger partial charge in [-0.1, -0.05) is 36.2 Å². The summed E-state index contributed by atoms with van der Waals surface area (Å²) in [5.41, 5.74) is 7.35. The first-order chi connectivity index (χ1) is 10.9. The van der Waals surface area contributed by atoms with Crippen molar-refractivity contribution in [3.05, 3.63) is 56.6 Å². The van der Waals surface area contributed by atoms with Gasteiger partial charge in [0.15, 0.2) is 5.78 Å². The van der Waals surface area contributed by atoms with Crippen LogP contribution in [-0.4, -0.2) is 5.78 Å². The third-order valence-electron chi connectivity index (χ3n) is 4.14. The van der Waals surface area contributed by atoms with E-state index < -0.39 is 5.92 Å². The number of hydrogen-bond donors (Lipinski definition) is 1. The molecule has 0 amide bonds. The predicted molar refractivity (Wildman–Crippen MR) is 87.5 cm³/mol. The van der Waals surface area contributed by atoms with Gasteiger partial charge in [-0.05, 0) is 23.6 Å². The molecule has 3 rings (SSSR count). The summed E-state index contributed by atoms with van der Waals surface area (Å²) in [6.45, 7) is 1.99. The molecule has 0 fully saturated rings. The van der Waals surface area contributed by atoms with E-state index in [4.69, 9.17) is 33.7 Å². The number of carbonyl (C=O) groups excluding carboxylic acids is 1. The summed E-state index contributed by atoms with van der Waals surface area (Å²) in [4.78, 5) is 12.6. The highest BCUT2D eigenvalue weighted by molar-refractivity contribution is 6.42. The van der Waals surface area contributed by atoms with Crippen LogP contribution in [0.2, 0.25) is 10.0 Å². The van der Waals surface area contributed by atoms with Crippen LogP contribution in [0.15, 0.2) is 41.0 Å². The molecule has 23 heavy (non-hydrogen) atoms. The molecule has 1 aromatic carbocycles. The maximum absolute atomic E-state index is 12.6. The molecule has 0 unspecified atom stereocenters. The summed E-state index contributed by atoms with van der Waals surface area (Å²) < 4.78 is 5.57. The smallest absolute Gasteiger partial charge is 0.205 e. The molecule has 0 radical (unpaired) electrons. The van der Waals surface area contributed by atoms with Crippen molar-refractivity contribution in [2.45, 2.75) is 25.7 Å². The molecule has 1 aliphatic heterocycles. The van der Waals surface area contributed by atoms with Crippen molar-refractivity contribution < 1.29 is 9.53 Å². The number of carbonyl (C=O) groups is 1. The van der Waals surface area contributed by atoms with Gasteiger partial charge in [0, 0.05) is 18.4 Å². The predicted octanol–water partition coefficient (Wildman–Crippen LogP) is 4.05. The van der Waals surface area contributed by atoms with E-state index in [0.29, 0.717) is 39.8 Å². The summed E-state index contributed by atoms with van der Waals surface area (Å²) in [5, 5.41) is 10.3. The van der Waals surface area contributed by atoms with Crippen molar-refractivity contribution in [3.63, 3.8) is 0 Å². The number of ether oxygens (including phenoxy) is 1. The van der Waals surface area contributed by atoms with Crippen LogP contribution in [0.25, 0.3) is 0 Å². The lowest BCUT2D eigenvalue weighted by Gasteiger charge is -2.33. The third kappa shape index (κ3) is 2.71. The number of nitrogens with two attached hydrogens (primary N) is 1. The van der Waals surface area contributed by atoms with Crippen LogP contribution in [0.5, 0.6) is 0 Å². The number of rotatable bonds is 1. The van der Waals surface area contributed by atoms with Crippen LogP contribution in [0.1, 0.15) is 31.2 Å². The lowest BCUT2D eigenvalue weighted by Crippen LogP contribution is -2.29. The highest BCUT2D eigenvalue weighted by Crippen LogP contribution is 2.45. The van der Waals surface area contributed by atoms with E-state index in [1.165, 1.54) is 0 Å². The minimum Gasteiger partial charge on any atom is -0.444 e. The van der Waals surface area contributed by atoms with E-state index in [0.717, 1.165) is 0 Å². The minimum atomic E-state index is -0.557. The molecule has 0 aromatic heterocycles. The SMILES string of the molecule is C[C@@H]1CC(=O)C2=C(C1)OC(N)=C(C#N)[C@H]2c1ccc(Cl)c(Cl)c1. The number of halogens is 2. The Balaban J connectivity index is 2.19. The molecule has 2 atom stereocenters. The normalized spacial score (nSPS) is 24.2. The van der Waals surface area contributed by atoms with Gasteiger partial charge in [0.1, 0.15) is 17.4 Å². The molecule has 2 N–H and O–H groups in total. The summed E-state index contributed by atoms with van der Waals surface area (Å²) in [6.07, 6.45) is 1.05. The van der Waals surface area contributed by atoms with Gasteiger partial charge < -0.3 is 10.5 Å². The van der Waals surface area contributed by atoms with Gasteiger partial charge in [-0.2, -0.15) is 5.26 Å². The zero-order valence-electron chi connectivity index (χ0n) is 12.4. The van der Waals surface area contributed by atoms with Crippen LogP contribution in [0.3, 0.4) is 0 Å². The van der Waals surface area contributed by atoms with Crippen LogP contribution >= 0.6 is 23.2 Å². The fourth-order valence-corrected chi connectivity index (χ4v) is 3.42. The van der Waals surface area contributed by atoms with Gasteiger partial charge in [-0.25, -0.2) is 0 Å². The van der Waals surface area contributed by atoms with Gasteiger partial charge >= 0.3 is 0 Å². The maximum atomic E-state index is 12.6. The van der Waals surface area contributed by atoms with Crippen molar-refractivity contribution in [1.29, 1.82) is 5.26 Å². The average molecular weight is 349 g/mol. The Morgan fingerprint density at radius 3 is 2.70 bits per heavy atom. The minimum absolute atomic E-state index is 0.0185. The lowest BCUT2D eigenvalue weighted by atomic mass is 9.75. The Morgan fingerprint density at radius 2 is 2.04 bits per heavy atom. The molecule has 0 saturated heterocycles. The van der Waals surface area contributed by atoms with Crippen LogP contribution in [-0.2, 0) is 9.53 Å². The van der Waals surface area contributed by atoms with Crippen LogP contribution < -0.4 is 5.73 Å². The zero-order valence-corrected chi connectivity index (χ0v) is 13.9. The second kappa shape index (κ2) is 5.92. The summed E-state index contributed by atoms with van der Waals surface area (Å²) >= 11 is 12.1. The Hall–Kier alpha value is -1.96. The van der Waals surface area contributed by atoms with Crippen molar-refractivity contribution in [3.8, 4) is 6.07 Å². The van der Waals surface area contributed by atoms with Crippen molar-refractivity contribution in [1.82, 2.24) is 0 Å². The van der Waals surface area contributed by atoms with Crippen molar-refractivity contribution >= 4 is 29.0 Å². The number of ketones is 1. The maximum Gasteiger partial charge on any atom is 0.205 e. The molecule has 118 valence electrons. The van der Waals surface area contributed by atoms with Crippen molar-refractivity contribution in [2.75, 3.05) is 0 Å². The Kier molecular flexibility index (Phi) is 4.09. The monoisotopic (exact) mass is 348 g/mol. The fourth-order valence-electron chi connectivity index (χ4n) is 3.12. The van der Waals surface area contributed by atoms with Gasteiger partial charge in [-0.15, -0.1) is 0 Å². The molecule has 0 spiro atoms. The first-order valence-electron chi connectivity index (χ1n) is 7.21. The molecule has 2 aliphatic rings. The molecular weight excluding hydrogens is 335 g/mol. The zero-order chi connectivity index (χ0) is 16.7. The number of benzene rings is 1. The number of Topliss-reactive ketones (excluding diaryl/α,β-unsaturated/α-hetero) is 1. The number of nitriles is 1. The van der Waals surface area contributed by atoms with Crippen LogP contribution in [0.4, 0.5) is 0 Å². The van der Waals surface area contributed by atoms with E-state index >= 15 is 0 Å². The van der Waals surface area contributed by atoms with E-state index in [1.54, 1.807) is 18.2 Å². The standard InChI is InChI=1S/C17H14Cl2N2O2/c1-8-4-13(22)16-14(5-8)23-17(21)10(7-20)15(16)9-2-3-11(18)12(19)6-9/h2-3,6,8,15H,4-5,21H2,1H3/t8-,15-/m1/s1. The average Bonchev–Trinajstić information content (AvgIpc) is 2.48. The lowest BCUT2D eigenvalue weighted by molar-refractivity contribution is -0.117. The van der Waals surface area contributed by atoms with E-state index in [9.17, 15) is 10.1 Å². The molecule has 6 heteroatoms. The highest BCUT2D eigenvalue weighted by atomic mass is 35.5. The molecule has 1 heterocycles. The van der Waals surface area contributed by atoms with E-state index in [2.05, 4.69) is 6.07 Å². The fraction of sp³-hybridized carbons (Fsp3) is 0.294. The molecule has 0 saturated carbocycles.